The van der Waals surface area contributed by atoms with E-state index in [9.17, 15) is 13.2 Å². The molecule has 0 unspecified atom stereocenters. The van der Waals surface area contributed by atoms with Crippen molar-refractivity contribution in [2.75, 3.05) is 27.2 Å². The first-order valence-corrected chi connectivity index (χ1v) is 8.33. The van der Waals surface area contributed by atoms with Crippen molar-refractivity contribution >= 4 is 31.9 Å². The van der Waals surface area contributed by atoms with Crippen molar-refractivity contribution in [1.82, 2.24) is 14.2 Å². The van der Waals surface area contributed by atoms with E-state index >= 15 is 0 Å². The summed E-state index contributed by atoms with van der Waals surface area (Å²) in [5.41, 5.74) is 0. The molecule has 1 heterocycles. The lowest BCUT2D eigenvalue weighted by molar-refractivity contribution is -0.128. The minimum Gasteiger partial charge on any atom is -0.348 e. The molecule has 0 aromatic carbocycles. The molecular formula is C12H18BrN3O3S. The molecule has 0 saturated heterocycles. The third-order valence-corrected chi connectivity index (χ3v) is 4.85. The van der Waals surface area contributed by atoms with Gasteiger partial charge in [0, 0.05) is 37.5 Å². The number of nitrogens with zero attached hydrogens (tertiary/aromatic N) is 3. The third kappa shape index (κ3) is 4.26. The molecule has 1 aromatic heterocycles. The number of carbonyl (C=O) groups excluding carboxylic acids is 1. The lowest BCUT2D eigenvalue weighted by Crippen LogP contribution is -2.40. The molecule has 0 saturated carbocycles. The van der Waals surface area contributed by atoms with Crippen molar-refractivity contribution in [3.63, 3.8) is 0 Å². The van der Waals surface area contributed by atoms with Gasteiger partial charge in [0.2, 0.25) is 15.9 Å². The van der Waals surface area contributed by atoms with E-state index in [1.54, 1.807) is 14.1 Å². The Morgan fingerprint density at radius 1 is 1.35 bits per heavy atom. The molecule has 0 bridgehead atoms. The molecule has 0 radical (unpaired) electrons. The molecule has 0 spiro atoms. The predicted molar refractivity (Wildman–Crippen MR) is 79.7 cm³/mol. The molecule has 0 N–H and O–H groups in total. The zero-order chi connectivity index (χ0) is 15.3. The maximum atomic E-state index is 12.5. The zero-order valence-corrected chi connectivity index (χ0v) is 14.1. The topological polar surface area (TPSA) is 70.6 Å². The Morgan fingerprint density at radius 3 is 2.50 bits per heavy atom. The fraction of sp³-hybridized carbons (Fsp3) is 0.500. The van der Waals surface area contributed by atoms with Crippen LogP contribution in [0.25, 0.3) is 0 Å². The van der Waals surface area contributed by atoms with Gasteiger partial charge in [-0.05, 0) is 28.4 Å². The van der Waals surface area contributed by atoms with E-state index in [0.29, 0.717) is 10.9 Å². The zero-order valence-electron chi connectivity index (χ0n) is 11.7. The molecule has 0 aliphatic rings. The highest BCUT2D eigenvalue weighted by Gasteiger charge is 2.26. The molecule has 0 atom stereocenters. The Hall–Kier alpha value is -0.990. The van der Waals surface area contributed by atoms with Gasteiger partial charge in [-0.3, -0.25) is 9.78 Å². The number of sulfonamides is 1. The standard InChI is InChI=1S/C12H18BrN3O3S/c1-4-5-16(9-12(17)15(2)3)20(18,19)11-6-10(13)7-14-8-11/h6-8H,4-5,9H2,1-3H3. The molecule has 112 valence electrons. The highest BCUT2D eigenvalue weighted by Crippen LogP contribution is 2.19. The number of carbonyl (C=O) groups is 1. The van der Waals surface area contributed by atoms with E-state index in [4.69, 9.17) is 0 Å². The Labute approximate surface area is 128 Å². The Morgan fingerprint density at radius 2 is 2.00 bits per heavy atom. The Balaban J connectivity index is 3.09. The lowest BCUT2D eigenvalue weighted by atomic mass is 10.4. The van der Waals surface area contributed by atoms with Gasteiger partial charge in [0.25, 0.3) is 0 Å². The van der Waals surface area contributed by atoms with Gasteiger partial charge in [0.05, 0.1) is 6.54 Å². The van der Waals surface area contributed by atoms with Crippen molar-refractivity contribution in [1.29, 1.82) is 0 Å². The van der Waals surface area contributed by atoms with E-state index in [2.05, 4.69) is 20.9 Å². The SMILES string of the molecule is CCCN(CC(=O)N(C)C)S(=O)(=O)c1cncc(Br)c1. The first kappa shape index (κ1) is 17.1. The fourth-order valence-electron chi connectivity index (χ4n) is 1.51. The van der Waals surface area contributed by atoms with Crippen LogP contribution in [0, 0.1) is 0 Å². The van der Waals surface area contributed by atoms with E-state index in [1.807, 2.05) is 6.92 Å². The average Bonchev–Trinajstić information content (AvgIpc) is 2.37. The molecule has 0 aliphatic heterocycles. The first-order chi connectivity index (χ1) is 9.28. The summed E-state index contributed by atoms with van der Waals surface area (Å²) in [6.07, 6.45) is 3.42. The second-order valence-corrected chi connectivity index (χ2v) is 7.32. The maximum absolute atomic E-state index is 12.5. The van der Waals surface area contributed by atoms with Gasteiger partial charge >= 0.3 is 0 Å². The second-order valence-electron chi connectivity index (χ2n) is 4.47. The number of rotatable bonds is 6. The van der Waals surface area contributed by atoms with Crippen LogP contribution in [-0.2, 0) is 14.8 Å². The summed E-state index contributed by atoms with van der Waals surface area (Å²) in [5.74, 6) is -0.259. The van der Waals surface area contributed by atoms with Crippen LogP contribution < -0.4 is 0 Å². The van der Waals surface area contributed by atoms with E-state index in [0.717, 1.165) is 0 Å². The largest absolute Gasteiger partial charge is 0.348 e. The molecule has 20 heavy (non-hydrogen) atoms. The van der Waals surface area contributed by atoms with E-state index < -0.39 is 10.0 Å². The number of amides is 1. The van der Waals surface area contributed by atoms with Crippen LogP contribution in [0.5, 0.6) is 0 Å². The summed E-state index contributed by atoms with van der Waals surface area (Å²) in [6.45, 7) is 1.98. The smallest absolute Gasteiger partial charge is 0.245 e. The summed E-state index contributed by atoms with van der Waals surface area (Å²) in [6, 6.07) is 1.48. The third-order valence-electron chi connectivity index (χ3n) is 2.60. The minimum atomic E-state index is -3.72. The first-order valence-electron chi connectivity index (χ1n) is 6.10. The maximum Gasteiger partial charge on any atom is 0.245 e. The number of aromatic nitrogens is 1. The highest BCUT2D eigenvalue weighted by molar-refractivity contribution is 9.10. The summed E-state index contributed by atoms with van der Waals surface area (Å²) >= 11 is 3.20. The molecule has 0 fully saturated rings. The fourth-order valence-corrected chi connectivity index (χ4v) is 3.50. The molecular weight excluding hydrogens is 346 g/mol. The predicted octanol–water partition coefficient (Wildman–Crippen LogP) is 1.33. The molecule has 0 aliphatic carbocycles. The highest BCUT2D eigenvalue weighted by atomic mass is 79.9. The van der Waals surface area contributed by atoms with Crippen LogP contribution in [0.15, 0.2) is 27.8 Å². The number of halogens is 1. The van der Waals surface area contributed by atoms with E-state index in [1.165, 1.54) is 27.7 Å². The average molecular weight is 364 g/mol. The van der Waals surface area contributed by atoms with Gasteiger partial charge in [-0.25, -0.2) is 8.42 Å². The van der Waals surface area contributed by atoms with Gasteiger partial charge in [0.1, 0.15) is 4.90 Å². The lowest BCUT2D eigenvalue weighted by Gasteiger charge is -2.22. The van der Waals surface area contributed by atoms with E-state index in [-0.39, 0.29) is 23.9 Å². The summed E-state index contributed by atoms with van der Waals surface area (Å²) in [4.78, 5) is 17.1. The van der Waals surface area contributed by atoms with Crippen molar-refractivity contribution in [3.8, 4) is 0 Å². The summed E-state index contributed by atoms with van der Waals surface area (Å²) < 4.78 is 26.8. The quantitative estimate of drug-likeness (QED) is 0.764. The summed E-state index contributed by atoms with van der Waals surface area (Å²) in [7, 11) is -0.527. The van der Waals surface area contributed by atoms with Gasteiger partial charge < -0.3 is 4.90 Å². The van der Waals surface area contributed by atoms with Crippen LogP contribution in [-0.4, -0.2) is 55.7 Å². The van der Waals surface area contributed by atoms with Crippen LogP contribution in [0.3, 0.4) is 0 Å². The van der Waals surface area contributed by atoms with Crippen molar-refractivity contribution < 1.29 is 13.2 Å². The van der Waals surface area contributed by atoms with Crippen molar-refractivity contribution in [2.24, 2.45) is 0 Å². The number of hydrogen-bond acceptors (Lipinski definition) is 4. The summed E-state index contributed by atoms with van der Waals surface area (Å²) in [5, 5.41) is 0. The minimum absolute atomic E-state index is 0.0758. The Kier molecular flexibility index (Phi) is 6.09. The van der Waals surface area contributed by atoms with Crippen molar-refractivity contribution in [3.05, 3.63) is 22.9 Å². The van der Waals surface area contributed by atoms with Gasteiger partial charge in [-0.15, -0.1) is 0 Å². The molecule has 1 aromatic rings. The molecule has 6 nitrogen and oxygen atoms in total. The van der Waals surface area contributed by atoms with Gasteiger partial charge in [-0.1, -0.05) is 6.92 Å². The normalized spacial score (nSPS) is 11.7. The number of hydrogen-bond donors (Lipinski definition) is 0. The van der Waals surface area contributed by atoms with Crippen LogP contribution >= 0.6 is 15.9 Å². The molecule has 1 rings (SSSR count). The van der Waals surface area contributed by atoms with Crippen LogP contribution in [0.4, 0.5) is 0 Å². The van der Waals surface area contributed by atoms with Crippen LogP contribution in [0.1, 0.15) is 13.3 Å². The monoisotopic (exact) mass is 363 g/mol. The Bertz CT molecular complexity index is 575. The van der Waals surface area contributed by atoms with Gasteiger partial charge in [-0.2, -0.15) is 4.31 Å². The number of likely N-dealkylation sites (N-methyl/N-ethyl adjacent to an activating group) is 1. The van der Waals surface area contributed by atoms with Crippen LogP contribution in [0.2, 0.25) is 0 Å². The second kappa shape index (κ2) is 7.14. The van der Waals surface area contributed by atoms with Crippen molar-refractivity contribution in [2.45, 2.75) is 18.2 Å². The van der Waals surface area contributed by atoms with Gasteiger partial charge in [0.15, 0.2) is 0 Å². The number of pyridine rings is 1. The molecule has 8 heteroatoms. The molecule has 1 amide bonds.